The number of halogens is 1. The van der Waals surface area contributed by atoms with E-state index in [1.165, 1.54) is 5.56 Å². The molecule has 1 heteroatoms. The van der Waals surface area contributed by atoms with Gasteiger partial charge in [-0.15, -0.1) is 0 Å². The summed E-state index contributed by atoms with van der Waals surface area (Å²) in [4.78, 5) is 0. The molecular weight excluding hydrogens is 180 g/mol. The van der Waals surface area contributed by atoms with Crippen molar-refractivity contribution in [3.8, 4) is 0 Å². The van der Waals surface area contributed by atoms with Gasteiger partial charge in [0.25, 0.3) is 0 Å². The van der Waals surface area contributed by atoms with E-state index in [-0.39, 0.29) is 0 Å². The van der Waals surface area contributed by atoms with Gasteiger partial charge in [0.15, 0.2) is 0 Å². The molecule has 0 aliphatic heterocycles. The Morgan fingerprint density at radius 2 is 1.54 bits per heavy atom. The third kappa shape index (κ3) is 2.73. The topological polar surface area (TPSA) is 0 Å². The van der Waals surface area contributed by atoms with Gasteiger partial charge in [-0.1, -0.05) is 51.4 Å². The molecule has 0 fully saturated rings. The molecule has 0 heterocycles. The van der Waals surface area contributed by atoms with E-state index >= 15 is 0 Å². The Hall–Kier alpha value is -0.490. The largest absolute Gasteiger partial charge is 0.0843 e. The Kier molecular flexibility index (Phi) is 3.02. The third-order valence-corrected chi connectivity index (χ3v) is 2.92. The Balaban J connectivity index is 2.90. The van der Waals surface area contributed by atoms with Crippen molar-refractivity contribution >= 4 is 11.6 Å². The minimum Gasteiger partial charge on any atom is -0.0843 e. The first-order chi connectivity index (χ1) is 5.91. The summed E-state index contributed by atoms with van der Waals surface area (Å²) < 4.78 is 0. The van der Waals surface area contributed by atoms with Gasteiger partial charge in [-0.25, -0.2) is 0 Å². The first-order valence-electron chi connectivity index (χ1n) is 4.67. The summed E-state index contributed by atoms with van der Waals surface area (Å²) in [7, 11) is 0. The molecule has 0 aliphatic rings. The summed E-state index contributed by atoms with van der Waals surface area (Å²) in [6.07, 6.45) is 0. The summed E-state index contributed by atoms with van der Waals surface area (Å²) >= 11 is 5.83. The van der Waals surface area contributed by atoms with Crippen molar-refractivity contribution in [2.75, 3.05) is 0 Å². The van der Waals surface area contributed by atoms with Crippen molar-refractivity contribution < 1.29 is 0 Å². The van der Waals surface area contributed by atoms with Crippen molar-refractivity contribution in [2.45, 2.75) is 33.6 Å². The van der Waals surface area contributed by atoms with E-state index < -0.39 is 0 Å². The minimum atomic E-state index is 0.313. The summed E-state index contributed by atoms with van der Waals surface area (Å²) in [5.74, 6) is 0.560. The van der Waals surface area contributed by atoms with E-state index in [1.54, 1.807) is 0 Å². The van der Waals surface area contributed by atoms with Crippen LogP contribution < -0.4 is 0 Å². The standard InChI is InChI=1S/C12H17Cl/c1-9(12(2,3)4)10-5-7-11(13)8-6-10/h5-9H,1-4H3/t9-/m1/s1. The van der Waals surface area contributed by atoms with Crippen LogP contribution in [0, 0.1) is 5.41 Å². The summed E-state index contributed by atoms with van der Waals surface area (Å²) in [5.41, 5.74) is 1.67. The maximum absolute atomic E-state index is 5.83. The molecule has 72 valence electrons. The minimum absolute atomic E-state index is 0.313. The predicted molar refractivity (Wildman–Crippen MR) is 59.3 cm³/mol. The molecule has 0 N–H and O–H groups in total. The SMILES string of the molecule is C[C@H](c1ccc(Cl)cc1)C(C)(C)C. The second-order valence-corrected chi connectivity index (χ2v) is 5.08. The molecule has 0 radical (unpaired) electrons. The number of benzene rings is 1. The summed E-state index contributed by atoms with van der Waals surface area (Å²) in [5, 5.41) is 0.810. The van der Waals surface area contributed by atoms with Crippen LogP contribution in [-0.4, -0.2) is 0 Å². The average Bonchev–Trinajstić information content (AvgIpc) is 2.03. The molecule has 0 aliphatic carbocycles. The van der Waals surface area contributed by atoms with Crippen LogP contribution in [0.1, 0.15) is 39.2 Å². The molecule has 0 saturated heterocycles. The third-order valence-electron chi connectivity index (χ3n) is 2.67. The zero-order valence-corrected chi connectivity index (χ0v) is 9.52. The van der Waals surface area contributed by atoms with E-state index in [2.05, 4.69) is 39.8 Å². The monoisotopic (exact) mass is 196 g/mol. The lowest BCUT2D eigenvalue weighted by Gasteiger charge is -2.27. The molecule has 1 atom stereocenters. The van der Waals surface area contributed by atoms with Gasteiger partial charge in [-0.2, -0.15) is 0 Å². The van der Waals surface area contributed by atoms with Crippen molar-refractivity contribution in [1.82, 2.24) is 0 Å². The lowest BCUT2D eigenvalue weighted by Crippen LogP contribution is -2.14. The average molecular weight is 197 g/mol. The highest BCUT2D eigenvalue weighted by atomic mass is 35.5. The van der Waals surface area contributed by atoms with Gasteiger partial charge in [0.2, 0.25) is 0 Å². The van der Waals surface area contributed by atoms with Gasteiger partial charge in [0.1, 0.15) is 0 Å². The van der Waals surface area contributed by atoms with E-state index in [9.17, 15) is 0 Å². The molecule has 0 aromatic heterocycles. The second-order valence-electron chi connectivity index (χ2n) is 4.64. The molecule has 1 aromatic rings. The van der Waals surface area contributed by atoms with Gasteiger partial charge in [-0.05, 0) is 29.0 Å². The van der Waals surface area contributed by atoms with Crippen molar-refractivity contribution in [1.29, 1.82) is 0 Å². The van der Waals surface area contributed by atoms with Gasteiger partial charge < -0.3 is 0 Å². The quantitative estimate of drug-likeness (QED) is 0.621. The zero-order chi connectivity index (χ0) is 10.1. The van der Waals surface area contributed by atoms with Crippen molar-refractivity contribution in [2.24, 2.45) is 5.41 Å². The number of rotatable bonds is 1. The Bertz CT molecular complexity index is 266. The van der Waals surface area contributed by atoms with E-state index in [1.807, 2.05) is 12.1 Å². The molecule has 13 heavy (non-hydrogen) atoms. The molecule has 1 rings (SSSR count). The second kappa shape index (κ2) is 3.71. The van der Waals surface area contributed by atoms with E-state index in [4.69, 9.17) is 11.6 Å². The highest BCUT2D eigenvalue weighted by molar-refractivity contribution is 6.30. The summed E-state index contributed by atoms with van der Waals surface area (Å²) in [6.45, 7) is 9.02. The molecule has 0 bridgehead atoms. The lowest BCUT2D eigenvalue weighted by atomic mass is 9.78. The fraction of sp³-hybridized carbons (Fsp3) is 0.500. The van der Waals surface area contributed by atoms with Crippen molar-refractivity contribution in [3.05, 3.63) is 34.9 Å². The van der Waals surface area contributed by atoms with Crippen LogP contribution in [0.25, 0.3) is 0 Å². The molecule has 0 saturated carbocycles. The normalized spacial score (nSPS) is 14.2. The molecular formula is C12H17Cl. The van der Waals surface area contributed by atoms with Crippen LogP contribution in [0.3, 0.4) is 0 Å². The maximum atomic E-state index is 5.83. The fourth-order valence-corrected chi connectivity index (χ4v) is 1.38. The zero-order valence-electron chi connectivity index (χ0n) is 8.76. The predicted octanol–water partition coefficient (Wildman–Crippen LogP) is 4.49. The van der Waals surface area contributed by atoms with E-state index in [0.29, 0.717) is 11.3 Å². The van der Waals surface area contributed by atoms with Gasteiger partial charge >= 0.3 is 0 Å². The number of hydrogen-bond acceptors (Lipinski definition) is 0. The van der Waals surface area contributed by atoms with Crippen LogP contribution in [-0.2, 0) is 0 Å². The van der Waals surface area contributed by atoms with Gasteiger partial charge in [-0.3, -0.25) is 0 Å². The maximum Gasteiger partial charge on any atom is 0.0406 e. The van der Waals surface area contributed by atoms with Crippen LogP contribution in [0.2, 0.25) is 5.02 Å². The van der Waals surface area contributed by atoms with Crippen molar-refractivity contribution in [3.63, 3.8) is 0 Å². The van der Waals surface area contributed by atoms with Crippen LogP contribution in [0.5, 0.6) is 0 Å². The van der Waals surface area contributed by atoms with Crippen LogP contribution in [0.15, 0.2) is 24.3 Å². The van der Waals surface area contributed by atoms with Gasteiger partial charge in [0.05, 0.1) is 0 Å². The first kappa shape index (κ1) is 10.6. The Morgan fingerprint density at radius 1 is 1.08 bits per heavy atom. The van der Waals surface area contributed by atoms with Crippen LogP contribution >= 0.6 is 11.6 Å². The fourth-order valence-electron chi connectivity index (χ4n) is 1.25. The lowest BCUT2D eigenvalue weighted by molar-refractivity contribution is 0.339. The van der Waals surface area contributed by atoms with E-state index in [0.717, 1.165) is 5.02 Å². The van der Waals surface area contributed by atoms with Gasteiger partial charge in [0, 0.05) is 5.02 Å². The van der Waals surface area contributed by atoms with Crippen LogP contribution in [0.4, 0.5) is 0 Å². The molecule has 0 nitrogen and oxygen atoms in total. The number of hydrogen-bond donors (Lipinski definition) is 0. The Morgan fingerprint density at radius 3 is 1.92 bits per heavy atom. The molecule has 0 spiro atoms. The smallest absolute Gasteiger partial charge is 0.0406 e. The molecule has 0 amide bonds. The first-order valence-corrected chi connectivity index (χ1v) is 5.04. The highest BCUT2D eigenvalue weighted by Gasteiger charge is 2.21. The summed E-state index contributed by atoms with van der Waals surface area (Å²) in [6, 6.07) is 8.13. The Labute approximate surface area is 85.9 Å². The highest BCUT2D eigenvalue weighted by Crippen LogP contribution is 2.34. The molecule has 0 unspecified atom stereocenters. The molecule has 1 aromatic carbocycles.